The van der Waals surface area contributed by atoms with Gasteiger partial charge in [0.25, 0.3) is 10.8 Å². The van der Waals surface area contributed by atoms with Gasteiger partial charge in [-0.15, -0.1) is 0 Å². The van der Waals surface area contributed by atoms with Gasteiger partial charge in [-0.05, 0) is 17.7 Å². The van der Waals surface area contributed by atoms with Crippen molar-refractivity contribution in [2.45, 2.75) is 16.4 Å². The number of hydrogen-bond acceptors (Lipinski definition) is 4. The van der Waals surface area contributed by atoms with Gasteiger partial charge >= 0.3 is 6.09 Å². The smallest absolute Gasteiger partial charge is 0.417 e. The highest BCUT2D eigenvalue weighted by Crippen LogP contribution is 2.48. The number of amides is 2. The zero-order valence-electron chi connectivity index (χ0n) is 14.4. The van der Waals surface area contributed by atoms with Crippen molar-refractivity contribution in [1.82, 2.24) is 4.90 Å². The summed E-state index contributed by atoms with van der Waals surface area (Å²) in [5.74, 6) is -0.364. The molecule has 134 valence electrons. The van der Waals surface area contributed by atoms with E-state index < -0.39 is 11.0 Å². The molecule has 5 heteroatoms. The highest BCUT2D eigenvalue weighted by atomic mass is 32.2. The molecular weight excluding hydrogens is 358 g/mol. The molecule has 1 fully saturated rings. The Morgan fingerprint density at radius 1 is 0.778 bits per heavy atom. The number of ether oxygens (including phenoxy) is 1. The molecule has 1 heterocycles. The minimum atomic E-state index is -1.42. The van der Waals surface area contributed by atoms with Gasteiger partial charge in [0.15, 0.2) is 0 Å². The number of benzene rings is 3. The summed E-state index contributed by atoms with van der Waals surface area (Å²) in [5.41, 5.74) is 1.52. The highest BCUT2D eigenvalue weighted by molar-refractivity contribution is 8.00. The molecule has 0 saturated carbocycles. The largest absolute Gasteiger partial charge is 0.419 e. The van der Waals surface area contributed by atoms with Crippen LogP contribution in [-0.2, 0) is 21.0 Å². The first-order chi connectivity index (χ1) is 13.2. The molecule has 2 amide bonds. The molecule has 4 nitrogen and oxygen atoms in total. The number of nitrogens with zero attached hydrogens (tertiary/aromatic N) is 1. The Kier molecular flexibility index (Phi) is 4.69. The van der Waals surface area contributed by atoms with Crippen molar-refractivity contribution in [3.05, 3.63) is 102 Å². The third kappa shape index (κ3) is 3.34. The molecule has 3 aromatic carbocycles. The van der Waals surface area contributed by atoms with E-state index in [1.54, 1.807) is 0 Å². The van der Waals surface area contributed by atoms with Gasteiger partial charge in [-0.3, -0.25) is 4.79 Å². The molecule has 4 rings (SSSR count). The van der Waals surface area contributed by atoms with Crippen LogP contribution in [0.4, 0.5) is 4.79 Å². The highest BCUT2D eigenvalue weighted by Gasteiger charge is 2.56. The van der Waals surface area contributed by atoms with E-state index >= 15 is 0 Å². The first-order valence-corrected chi connectivity index (χ1v) is 9.39. The standard InChI is InChI=1S/C22H17NO3S/c24-20-22(18-12-6-2-7-13-18,27-19-14-8-3-9-15-19)26-21(25)23(20)16-17-10-4-1-5-11-17/h1-15H,16H2. The number of carbonyl (C=O) groups is 2. The molecule has 1 aliphatic heterocycles. The van der Waals surface area contributed by atoms with E-state index in [9.17, 15) is 9.59 Å². The Balaban J connectivity index is 1.73. The predicted octanol–water partition coefficient (Wildman–Crippen LogP) is 4.81. The second kappa shape index (κ2) is 7.29. The average Bonchev–Trinajstić information content (AvgIpc) is 2.95. The number of imide groups is 1. The van der Waals surface area contributed by atoms with Crippen molar-refractivity contribution < 1.29 is 14.3 Å². The fourth-order valence-electron chi connectivity index (χ4n) is 3.00. The molecule has 0 radical (unpaired) electrons. The lowest BCUT2D eigenvalue weighted by Crippen LogP contribution is -2.36. The Labute approximate surface area is 161 Å². The molecule has 1 saturated heterocycles. The summed E-state index contributed by atoms with van der Waals surface area (Å²) in [4.78, 5) is 26.7. The summed E-state index contributed by atoms with van der Waals surface area (Å²) in [7, 11) is 0. The summed E-state index contributed by atoms with van der Waals surface area (Å²) < 4.78 is 5.74. The Morgan fingerprint density at radius 2 is 1.33 bits per heavy atom. The van der Waals surface area contributed by atoms with E-state index in [0.717, 1.165) is 10.5 Å². The van der Waals surface area contributed by atoms with Crippen LogP contribution in [-0.4, -0.2) is 16.9 Å². The van der Waals surface area contributed by atoms with E-state index in [0.29, 0.717) is 5.56 Å². The number of thioether (sulfide) groups is 1. The van der Waals surface area contributed by atoms with Crippen LogP contribution in [0.3, 0.4) is 0 Å². The van der Waals surface area contributed by atoms with Crippen molar-refractivity contribution in [3.63, 3.8) is 0 Å². The van der Waals surface area contributed by atoms with E-state index in [1.807, 2.05) is 91.0 Å². The zero-order valence-corrected chi connectivity index (χ0v) is 15.3. The normalized spacial score (nSPS) is 19.2. The summed E-state index contributed by atoms with van der Waals surface area (Å²) in [6.45, 7) is 0.183. The second-order valence-electron chi connectivity index (χ2n) is 6.14. The van der Waals surface area contributed by atoms with Gasteiger partial charge in [0.1, 0.15) is 0 Å². The van der Waals surface area contributed by atoms with Gasteiger partial charge in [0, 0.05) is 10.5 Å². The molecule has 1 unspecified atom stereocenters. The molecule has 3 aromatic rings. The lowest BCUT2D eigenvalue weighted by molar-refractivity contribution is -0.132. The topological polar surface area (TPSA) is 46.6 Å². The minimum Gasteiger partial charge on any atom is -0.417 e. The fraction of sp³-hybridized carbons (Fsp3) is 0.0909. The Morgan fingerprint density at radius 3 is 1.96 bits per heavy atom. The lowest BCUT2D eigenvalue weighted by atomic mass is 10.1. The van der Waals surface area contributed by atoms with Crippen LogP contribution in [0.2, 0.25) is 0 Å². The van der Waals surface area contributed by atoms with Crippen LogP contribution in [0, 0.1) is 0 Å². The quantitative estimate of drug-likeness (QED) is 0.642. The van der Waals surface area contributed by atoms with Crippen molar-refractivity contribution in [1.29, 1.82) is 0 Å². The maximum absolute atomic E-state index is 13.4. The fourth-order valence-corrected chi connectivity index (χ4v) is 4.19. The van der Waals surface area contributed by atoms with Crippen LogP contribution >= 0.6 is 11.8 Å². The van der Waals surface area contributed by atoms with Gasteiger partial charge < -0.3 is 4.74 Å². The third-order valence-electron chi connectivity index (χ3n) is 4.32. The average molecular weight is 375 g/mol. The predicted molar refractivity (Wildman–Crippen MR) is 104 cm³/mol. The SMILES string of the molecule is O=C1OC(Sc2ccccc2)(c2ccccc2)C(=O)N1Cc1ccccc1. The Bertz CT molecular complexity index is 947. The van der Waals surface area contributed by atoms with Crippen LogP contribution in [0.5, 0.6) is 0 Å². The Hall–Kier alpha value is -3.05. The van der Waals surface area contributed by atoms with Gasteiger partial charge in [0.2, 0.25) is 0 Å². The van der Waals surface area contributed by atoms with Crippen LogP contribution in [0.15, 0.2) is 95.9 Å². The van der Waals surface area contributed by atoms with Crippen LogP contribution in [0.25, 0.3) is 0 Å². The molecule has 0 bridgehead atoms. The molecule has 0 N–H and O–H groups in total. The number of cyclic esters (lactones) is 1. The van der Waals surface area contributed by atoms with E-state index in [4.69, 9.17) is 4.74 Å². The summed E-state index contributed by atoms with van der Waals surface area (Å²) in [6, 6.07) is 28.1. The van der Waals surface area contributed by atoms with Gasteiger partial charge in [-0.2, -0.15) is 0 Å². The molecule has 27 heavy (non-hydrogen) atoms. The minimum absolute atomic E-state index is 0.183. The number of rotatable bonds is 5. The van der Waals surface area contributed by atoms with Crippen molar-refractivity contribution in [2.75, 3.05) is 0 Å². The van der Waals surface area contributed by atoms with Crippen molar-refractivity contribution >= 4 is 23.8 Å². The summed E-state index contributed by atoms with van der Waals surface area (Å²) in [6.07, 6.45) is -0.629. The van der Waals surface area contributed by atoms with Crippen molar-refractivity contribution in [2.24, 2.45) is 0 Å². The summed E-state index contributed by atoms with van der Waals surface area (Å²) >= 11 is 1.24. The van der Waals surface area contributed by atoms with Gasteiger partial charge in [0.05, 0.1) is 6.54 Å². The second-order valence-corrected chi connectivity index (χ2v) is 7.39. The molecular formula is C22H17NO3S. The van der Waals surface area contributed by atoms with Gasteiger partial charge in [-0.1, -0.05) is 90.6 Å². The van der Waals surface area contributed by atoms with Crippen LogP contribution in [0.1, 0.15) is 11.1 Å². The molecule has 1 aliphatic rings. The van der Waals surface area contributed by atoms with Crippen molar-refractivity contribution in [3.8, 4) is 0 Å². The maximum Gasteiger partial charge on any atom is 0.419 e. The van der Waals surface area contributed by atoms with Crippen LogP contribution < -0.4 is 0 Å². The maximum atomic E-state index is 13.4. The first kappa shape index (κ1) is 17.4. The van der Waals surface area contributed by atoms with Gasteiger partial charge in [-0.25, -0.2) is 9.69 Å². The summed E-state index contributed by atoms with van der Waals surface area (Å²) in [5, 5.41) is 0. The molecule has 0 aromatic heterocycles. The van der Waals surface area contributed by atoms with E-state index in [-0.39, 0.29) is 12.5 Å². The first-order valence-electron chi connectivity index (χ1n) is 8.57. The lowest BCUT2D eigenvalue weighted by Gasteiger charge is -2.25. The molecule has 0 aliphatic carbocycles. The monoisotopic (exact) mass is 375 g/mol. The number of hydrogen-bond donors (Lipinski definition) is 0. The molecule has 0 spiro atoms. The number of carbonyl (C=O) groups excluding carboxylic acids is 2. The molecule has 1 atom stereocenters. The zero-order chi connectivity index (χ0) is 18.7. The van der Waals surface area contributed by atoms with E-state index in [2.05, 4.69) is 0 Å². The third-order valence-corrected chi connectivity index (χ3v) is 5.61. The van der Waals surface area contributed by atoms with E-state index in [1.165, 1.54) is 16.7 Å².